The minimum Gasteiger partial charge on any atom is -0.484 e. The van der Waals surface area contributed by atoms with Crippen molar-refractivity contribution in [3.63, 3.8) is 0 Å². The Morgan fingerprint density at radius 1 is 1.29 bits per heavy atom. The number of aromatic nitrogens is 3. The molecule has 0 radical (unpaired) electrons. The molecule has 2 atom stereocenters. The summed E-state index contributed by atoms with van der Waals surface area (Å²) >= 11 is 0. The molecular weight excluding hydrogens is 396 g/mol. The van der Waals surface area contributed by atoms with E-state index < -0.39 is 0 Å². The fraction of sp³-hybridized carbons (Fsp3) is 0.364. The summed E-state index contributed by atoms with van der Waals surface area (Å²) < 4.78 is 7.20. The first-order valence-corrected chi connectivity index (χ1v) is 10.1. The quantitative estimate of drug-likeness (QED) is 0.600. The number of hydrogen-bond donors (Lipinski definition) is 0. The van der Waals surface area contributed by atoms with Gasteiger partial charge < -0.3 is 14.5 Å². The lowest BCUT2D eigenvalue weighted by Gasteiger charge is -2.54. The van der Waals surface area contributed by atoms with Crippen molar-refractivity contribution in [3.8, 4) is 22.9 Å². The monoisotopic (exact) mass is 418 g/mol. The molecule has 2 bridgehead atoms. The van der Waals surface area contributed by atoms with E-state index in [1.807, 2.05) is 24.4 Å². The van der Waals surface area contributed by atoms with E-state index in [-0.39, 0.29) is 12.4 Å². The molecule has 9 nitrogen and oxygen atoms in total. The number of hydroxylamine groups is 2. The lowest BCUT2D eigenvalue weighted by Crippen LogP contribution is -2.68. The van der Waals surface area contributed by atoms with Crippen molar-refractivity contribution < 1.29 is 14.4 Å². The van der Waals surface area contributed by atoms with Crippen molar-refractivity contribution in [2.45, 2.75) is 25.4 Å². The van der Waals surface area contributed by atoms with E-state index in [9.17, 15) is 10.1 Å². The maximum atomic E-state index is 11.3. The van der Waals surface area contributed by atoms with E-state index in [0.717, 1.165) is 36.5 Å². The number of nitriles is 1. The van der Waals surface area contributed by atoms with Crippen molar-refractivity contribution in [3.05, 3.63) is 42.4 Å². The number of fused-ring (bicyclic) bond motifs is 3. The van der Waals surface area contributed by atoms with E-state index in [4.69, 9.17) is 14.6 Å². The molecular formula is C22H22N6O3. The van der Waals surface area contributed by atoms with Crippen LogP contribution in [0.4, 0.5) is 5.82 Å². The molecule has 0 aliphatic carbocycles. The number of nitrogens with zero attached hydrogens (tertiary/aromatic N) is 6. The summed E-state index contributed by atoms with van der Waals surface area (Å²) in [6.07, 6.45) is 6.16. The first-order valence-electron chi connectivity index (χ1n) is 10.1. The second-order valence-electron chi connectivity index (χ2n) is 7.94. The van der Waals surface area contributed by atoms with Crippen LogP contribution in [0.5, 0.6) is 5.75 Å². The Hall–Kier alpha value is -3.48. The highest BCUT2D eigenvalue weighted by molar-refractivity contribution is 5.85. The maximum absolute atomic E-state index is 11.3. The number of pyridine rings is 2. The molecule has 3 aliphatic rings. The number of anilines is 1. The van der Waals surface area contributed by atoms with Gasteiger partial charge in [0.2, 0.25) is 0 Å². The number of rotatable bonds is 6. The molecule has 158 valence electrons. The van der Waals surface area contributed by atoms with Gasteiger partial charge in [-0.2, -0.15) is 15.4 Å². The van der Waals surface area contributed by atoms with Gasteiger partial charge in [0.1, 0.15) is 24.2 Å². The molecule has 3 fully saturated rings. The van der Waals surface area contributed by atoms with E-state index in [2.05, 4.69) is 21.1 Å². The fourth-order valence-corrected chi connectivity index (χ4v) is 4.46. The van der Waals surface area contributed by atoms with Gasteiger partial charge in [0, 0.05) is 30.4 Å². The molecule has 0 amide bonds. The van der Waals surface area contributed by atoms with Crippen molar-refractivity contribution in [2.75, 3.05) is 31.7 Å². The number of ketones is 1. The third-order valence-electron chi connectivity index (χ3n) is 5.87. The van der Waals surface area contributed by atoms with Crippen LogP contribution < -0.4 is 9.64 Å². The normalized spacial score (nSPS) is 20.4. The Bertz CT molecular complexity index is 1170. The van der Waals surface area contributed by atoms with E-state index in [0.29, 0.717) is 28.9 Å². The number of hydrogen-bond acceptors (Lipinski definition) is 8. The van der Waals surface area contributed by atoms with Crippen molar-refractivity contribution in [1.82, 2.24) is 19.7 Å². The minimum absolute atomic E-state index is 0.0235. The number of piperazine rings is 1. The van der Waals surface area contributed by atoms with Gasteiger partial charge in [-0.1, -0.05) is 0 Å². The van der Waals surface area contributed by atoms with Gasteiger partial charge in [0.15, 0.2) is 5.78 Å². The second-order valence-corrected chi connectivity index (χ2v) is 7.94. The van der Waals surface area contributed by atoms with E-state index in [1.165, 1.54) is 13.1 Å². The summed E-state index contributed by atoms with van der Waals surface area (Å²) in [6, 6.07) is 8.82. The third kappa shape index (κ3) is 3.40. The summed E-state index contributed by atoms with van der Waals surface area (Å²) in [6.45, 7) is 3.22. The molecule has 3 aromatic rings. The van der Waals surface area contributed by atoms with E-state index >= 15 is 0 Å². The summed E-state index contributed by atoms with van der Waals surface area (Å²) in [7, 11) is 1.72. The van der Waals surface area contributed by atoms with Crippen LogP contribution in [0.3, 0.4) is 0 Å². The molecule has 3 aliphatic heterocycles. The molecule has 3 saturated heterocycles. The van der Waals surface area contributed by atoms with Crippen LogP contribution in [0.2, 0.25) is 0 Å². The highest BCUT2D eigenvalue weighted by atomic mass is 16.7. The number of carbonyl (C=O) groups is 1. The molecule has 0 aromatic carbocycles. The highest BCUT2D eigenvalue weighted by Crippen LogP contribution is 2.35. The van der Waals surface area contributed by atoms with Crippen molar-refractivity contribution >= 4 is 17.1 Å². The molecule has 0 spiro atoms. The predicted molar refractivity (Wildman–Crippen MR) is 113 cm³/mol. The Morgan fingerprint density at radius 3 is 2.74 bits per heavy atom. The van der Waals surface area contributed by atoms with E-state index in [1.54, 1.807) is 17.8 Å². The molecule has 6 rings (SSSR count). The summed E-state index contributed by atoms with van der Waals surface area (Å²) in [5.74, 6) is 1.35. The van der Waals surface area contributed by atoms with Gasteiger partial charge in [-0.3, -0.25) is 4.79 Å². The van der Waals surface area contributed by atoms with Crippen LogP contribution in [0.15, 0.2) is 36.8 Å². The average Bonchev–Trinajstić information content (AvgIpc) is 3.21. The Balaban J connectivity index is 1.46. The van der Waals surface area contributed by atoms with Crippen LogP contribution in [0.25, 0.3) is 16.6 Å². The van der Waals surface area contributed by atoms with Crippen molar-refractivity contribution in [1.29, 1.82) is 5.26 Å². The fourth-order valence-electron chi connectivity index (χ4n) is 4.46. The second kappa shape index (κ2) is 7.65. The molecule has 0 saturated carbocycles. The summed E-state index contributed by atoms with van der Waals surface area (Å²) in [5, 5.41) is 15.8. The Kier molecular flexibility index (Phi) is 4.81. The molecule has 3 aromatic heterocycles. The first-order chi connectivity index (χ1) is 15.1. The first kappa shape index (κ1) is 19.5. The van der Waals surface area contributed by atoms with Crippen LogP contribution in [0.1, 0.15) is 18.9 Å². The lowest BCUT2D eigenvalue weighted by atomic mass is 9.90. The lowest BCUT2D eigenvalue weighted by molar-refractivity contribution is -0.252. The number of ether oxygens (including phenoxy) is 1. The maximum Gasteiger partial charge on any atom is 0.167 e. The van der Waals surface area contributed by atoms with Crippen LogP contribution >= 0.6 is 0 Å². The zero-order valence-corrected chi connectivity index (χ0v) is 17.4. The zero-order chi connectivity index (χ0) is 21.5. The Labute approximate surface area is 179 Å². The highest BCUT2D eigenvalue weighted by Gasteiger charge is 2.45. The topological polar surface area (TPSA) is 96.0 Å². The smallest absolute Gasteiger partial charge is 0.167 e. The van der Waals surface area contributed by atoms with Gasteiger partial charge in [-0.25, -0.2) is 9.50 Å². The summed E-state index contributed by atoms with van der Waals surface area (Å²) in [5.41, 5.74) is 2.77. The average molecular weight is 418 g/mol. The molecule has 6 heterocycles. The van der Waals surface area contributed by atoms with Crippen LogP contribution in [-0.2, 0) is 9.63 Å². The third-order valence-corrected chi connectivity index (χ3v) is 5.87. The van der Waals surface area contributed by atoms with Gasteiger partial charge in [0.05, 0.1) is 42.7 Å². The minimum atomic E-state index is -0.0718. The van der Waals surface area contributed by atoms with Gasteiger partial charge in [-0.15, -0.1) is 0 Å². The van der Waals surface area contributed by atoms with Crippen LogP contribution in [0, 0.1) is 11.3 Å². The molecule has 9 heteroatoms. The zero-order valence-electron chi connectivity index (χ0n) is 17.4. The van der Waals surface area contributed by atoms with Crippen LogP contribution in [-0.4, -0.2) is 64.3 Å². The molecule has 2 unspecified atom stereocenters. The largest absolute Gasteiger partial charge is 0.484 e. The molecule has 0 N–H and O–H groups in total. The standard InChI is InChI=1S/C22H22N6O3/c1-14(29)13-31-19-6-20(22-16(7-23)9-25-27(22)12-19)15-3-4-21(24-8-15)26-10-17-5-18(11-26)28(17)30-2/h3-4,6,8-9,12,17-18H,5,10-11,13H2,1-2H3. The molecule has 31 heavy (non-hydrogen) atoms. The Morgan fingerprint density at radius 2 is 2.10 bits per heavy atom. The predicted octanol–water partition coefficient (Wildman–Crippen LogP) is 2.06. The van der Waals surface area contributed by atoms with Gasteiger partial charge in [0.25, 0.3) is 0 Å². The van der Waals surface area contributed by atoms with Gasteiger partial charge in [-0.05, 0) is 31.5 Å². The number of piperidine rings is 1. The van der Waals surface area contributed by atoms with Gasteiger partial charge >= 0.3 is 0 Å². The number of carbonyl (C=O) groups excluding carboxylic acids is 1. The van der Waals surface area contributed by atoms with Crippen molar-refractivity contribution in [2.24, 2.45) is 0 Å². The number of Topliss-reactive ketones (excluding diaryl/α,β-unsaturated/α-hetero) is 1. The summed E-state index contributed by atoms with van der Waals surface area (Å²) in [4.78, 5) is 23.7. The SMILES string of the molecule is CON1C2CC1CN(c1ccc(-c3cc(OCC(C)=O)cn4ncc(C#N)c34)cn1)C2.